The molecule has 1 N–H and O–H groups in total. The molecule has 0 amide bonds. The third kappa shape index (κ3) is 5.61. The molecule has 4 rings (SSSR count). The smallest absolute Gasteiger partial charge is 0.347 e. The number of benzene rings is 3. The highest BCUT2D eigenvalue weighted by molar-refractivity contribution is 6.14. The van der Waals surface area contributed by atoms with Crippen molar-refractivity contribution in [3.63, 3.8) is 0 Å². The molecule has 0 atom stereocenters. The number of rotatable bonds is 2. The second kappa shape index (κ2) is 9.10. The Morgan fingerprint density at radius 2 is 1.24 bits per heavy atom. The number of carbonyl (C=O) groups excluding carboxylic acids is 2. The van der Waals surface area contributed by atoms with E-state index in [0.29, 0.717) is 11.5 Å². The summed E-state index contributed by atoms with van der Waals surface area (Å²) in [6.07, 6.45) is 0. The van der Waals surface area contributed by atoms with Crippen LogP contribution in [-0.2, 0) is 15.6 Å². The third-order valence-corrected chi connectivity index (χ3v) is 5.25. The van der Waals surface area contributed by atoms with Crippen LogP contribution in [0.15, 0.2) is 66.7 Å². The molecule has 0 fully saturated rings. The molecule has 1 aliphatic heterocycles. The summed E-state index contributed by atoms with van der Waals surface area (Å²) < 4.78 is 10.5. The lowest BCUT2D eigenvalue weighted by Gasteiger charge is -2.22. The van der Waals surface area contributed by atoms with Gasteiger partial charge in [0.15, 0.2) is 0 Å². The maximum absolute atomic E-state index is 11.6. The van der Waals surface area contributed by atoms with E-state index in [9.17, 15) is 14.7 Å². The molecule has 33 heavy (non-hydrogen) atoms. The second-order valence-electron chi connectivity index (χ2n) is 10.00. The number of phenols is 1. The Balaban J connectivity index is 0.000000235. The number of phenolic OH excluding ortho intramolecular Hbond substituents is 1. The first-order valence-electron chi connectivity index (χ1n) is 10.8. The van der Waals surface area contributed by atoms with Gasteiger partial charge in [-0.05, 0) is 46.7 Å². The molecule has 0 saturated carbocycles. The van der Waals surface area contributed by atoms with Crippen molar-refractivity contribution in [2.75, 3.05) is 0 Å². The Morgan fingerprint density at radius 3 is 1.82 bits per heavy atom. The fraction of sp³-hybridized carbons (Fsp3) is 0.286. The molecule has 5 heteroatoms. The van der Waals surface area contributed by atoms with Crippen molar-refractivity contribution < 1.29 is 24.2 Å². The van der Waals surface area contributed by atoms with Crippen molar-refractivity contribution in [3.05, 3.63) is 89.0 Å². The van der Waals surface area contributed by atoms with Gasteiger partial charge in [0.1, 0.15) is 17.2 Å². The van der Waals surface area contributed by atoms with E-state index in [1.807, 2.05) is 42.5 Å². The SMILES string of the molecule is CC(C)(C)c1ccccc1O.CC(C)(C)c1ccccc1Oc1ccc2c(c1)C(=O)OC2=O. The molecule has 0 saturated heterocycles. The summed E-state index contributed by atoms with van der Waals surface area (Å²) in [6, 6.07) is 20.0. The number of para-hydroxylation sites is 2. The first-order chi connectivity index (χ1) is 15.4. The summed E-state index contributed by atoms with van der Waals surface area (Å²) in [7, 11) is 0. The Bertz CT molecular complexity index is 1180. The monoisotopic (exact) mass is 446 g/mol. The molecule has 0 unspecified atom stereocenters. The number of hydrogen-bond acceptors (Lipinski definition) is 5. The zero-order valence-corrected chi connectivity index (χ0v) is 19.9. The number of ether oxygens (including phenoxy) is 2. The summed E-state index contributed by atoms with van der Waals surface area (Å²) >= 11 is 0. The van der Waals surface area contributed by atoms with Crippen molar-refractivity contribution in [3.8, 4) is 17.2 Å². The van der Waals surface area contributed by atoms with Crippen molar-refractivity contribution >= 4 is 11.9 Å². The summed E-state index contributed by atoms with van der Waals surface area (Å²) in [5.41, 5.74) is 2.56. The van der Waals surface area contributed by atoms with Gasteiger partial charge in [0, 0.05) is 5.56 Å². The van der Waals surface area contributed by atoms with Crippen LogP contribution in [0.3, 0.4) is 0 Å². The summed E-state index contributed by atoms with van der Waals surface area (Å²) in [5.74, 6) is 0.380. The average molecular weight is 447 g/mol. The Labute approximate surface area is 195 Å². The number of fused-ring (bicyclic) bond motifs is 1. The van der Waals surface area contributed by atoms with Crippen LogP contribution in [0.1, 0.15) is 73.4 Å². The fourth-order valence-corrected chi connectivity index (χ4v) is 3.54. The molecular weight excluding hydrogens is 416 g/mol. The van der Waals surface area contributed by atoms with Gasteiger partial charge in [0.05, 0.1) is 11.1 Å². The van der Waals surface area contributed by atoms with Crippen LogP contribution in [-0.4, -0.2) is 17.0 Å². The first-order valence-corrected chi connectivity index (χ1v) is 10.8. The molecule has 1 heterocycles. The highest BCUT2D eigenvalue weighted by Crippen LogP contribution is 2.35. The zero-order valence-electron chi connectivity index (χ0n) is 19.9. The number of carbonyl (C=O) groups is 2. The molecule has 5 nitrogen and oxygen atoms in total. The highest BCUT2D eigenvalue weighted by Gasteiger charge is 2.30. The van der Waals surface area contributed by atoms with Crippen molar-refractivity contribution in [1.82, 2.24) is 0 Å². The standard InChI is InChI=1S/C18H16O4.C10H14O/c1-18(2,3)14-6-4-5-7-15(14)21-11-8-9-12-13(10-11)17(20)22-16(12)19;1-10(2,3)8-6-4-5-7-9(8)11/h4-10H,1-3H3;4-7,11H,1-3H3. The average Bonchev–Trinajstić information content (AvgIpc) is 3.01. The van der Waals surface area contributed by atoms with Crippen LogP contribution in [0.5, 0.6) is 17.2 Å². The topological polar surface area (TPSA) is 72.8 Å². The predicted molar refractivity (Wildman–Crippen MR) is 128 cm³/mol. The van der Waals surface area contributed by atoms with Gasteiger partial charge >= 0.3 is 11.9 Å². The van der Waals surface area contributed by atoms with Crippen molar-refractivity contribution in [2.24, 2.45) is 0 Å². The van der Waals surface area contributed by atoms with E-state index in [0.717, 1.165) is 16.9 Å². The van der Waals surface area contributed by atoms with Crippen LogP contribution in [0.25, 0.3) is 0 Å². The Hall–Kier alpha value is -3.60. The summed E-state index contributed by atoms with van der Waals surface area (Å²) in [4.78, 5) is 23.1. The molecule has 0 aromatic heterocycles. The van der Waals surface area contributed by atoms with Crippen LogP contribution in [0.4, 0.5) is 0 Å². The number of hydrogen-bond donors (Lipinski definition) is 1. The van der Waals surface area contributed by atoms with Gasteiger partial charge in [0.2, 0.25) is 0 Å². The molecule has 3 aromatic rings. The van der Waals surface area contributed by atoms with E-state index >= 15 is 0 Å². The van der Waals surface area contributed by atoms with Gasteiger partial charge in [-0.1, -0.05) is 77.9 Å². The lowest BCUT2D eigenvalue weighted by atomic mass is 9.86. The largest absolute Gasteiger partial charge is 0.508 e. The Kier molecular flexibility index (Phi) is 6.63. The van der Waals surface area contributed by atoms with E-state index in [-0.39, 0.29) is 22.0 Å². The first kappa shape index (κ1) is 24.1. The maximum atomic E-state index is 11.6. The van der Waals surface area contributed by atoms with Gasteiger partial charge in [-0.15, -0.1) is 0 Å². The zero-order chi connectivity index (χ0) is 24.4. The van der Waals surface area contributed by atoms with E-state index < -0.39 is 11.9 Å². The third-order valence-electron chi connectivity index (χ3n) is 5.25. The molecule has 0 radical (unpaired) electrons. The maximum Gasteiger partial charge on any atom is 0.347 e. The van der Waals surface area contributed by atoms with Gasteiger partial charge < -0.3 is 14.6 Å². The van der Waals surface area contributed by atoms with Crippen LogP contribution >= 0.6 is 0 Å². The quantitative estimate of drug-likeness (QED) is 0.347. The van der Waals surface area contributed by atoms with E-state index in [2.05, 4.69) is 46.3 Å². The van der Waals surface area contributed by atoms with Gasteiger partial charge in [-0.2, -0.15) is 0 Å². The minimum atomic E-state index is -0.630. The number of esters is 2. The van der Waals surface area contributed by atoms with Crippen LogP contribution in [0.2, 0.25) is 0 Å². The van der Waals surface area contributed by atoms with Crippen LogP contribution in [0, 0.1) is 0 Å². The second-order valence-corrected chi connectivity index (χ2v) is 10.00. The number of cyclic esters (lactones) is 2. The minimum absolute atomic E-state index is 0.0331. The fourth-order valence-electron chi connectivity index (χ4n) is 3.54. The molecule has 0 bridgehead atoms. The van der Waals surface area contributed by atoms with Gasteiger partial charge in [-0.25, -0.2) is 9.59 Å². The van der Waals surface area contributed by atoms with Crippen molar-refractivity contribution in [2.45, 2.75) is 52.4 Å². The van der Waals surface area contributed by atoms with Crippen LogP contribution < -0.4 is 4.74 Å². The predicted octanol–water partition coefficient (Wildman–Crippen LogP) is 6.78. The molecule has 0 aliphatic carbocycles. The molecular formula is C28H30O5. The minimum Gasteiger partial charge on any atom is -0.508 e. The Morgan fingerprint density at radius 1 is 0.697 bits per heavy atom. The van der Waals surface area contributed by atoms with Crippen molar-refractivity contribution in [1.29, 1.82) is 0 Å². The lowest BCUT2D eigenvalue weighted by molar-refractivity contribution is 0.0443. The number of aromatic hydroxyl groups is 1. The van der Waals surface area contributed by atoms with Gasteiger partial charge in [0.25, 0.3) is 0 Å². The lowest BCUT2D eigenvalue weighted by Crippen LogP contribution is -2.12. The summed E-state index contributed by atoms with van der Waals surface area (Å²) in [5, 5.41) is 9.45. The van der Waals surface area contributed by atoms with E-state index in [1.165, 1.54) is 0 Å². The molecule has 1 aliphatic rings. The molecule has 172 valence electrons. The molecule has 0 spiro atoms. The van der Waals surface area contributed by atoms with Gasteiger partial charge in [-0.3, -0.25) is 0 Å². The normalized spacial score (nSPS) is 13.0. The molecule has 3 aromatic carbocycles. The van der Waals surface area contributed by atoms with E-state index in [1.54, 1.807) is 24.3 Å². The highest BCUT2D eigenvalue weighted by atomic mass is 16.6. The summed E-state index contributed by atoms with van der Waals surface area (Å²) in [6.45, 7) is 12.6. The van der Waals surface area contributed by atoms with E-state index in [4.69, 9.17) is 4.74 Å².